The molecule has 2 aromatic carbocycles. The molecule has 0 radical (unpaired) electrons. The van der Waals surface area contributed by atoms with E-state index in [1.165, 1.54) is 7.11 Å². The number of carbonyl (C=O) groups is 2. The van der Waals surface area contributed by atoms with Crippen molar-refractivity contribution in [1.29, 1.82) is 0 Å². The van der Waals surface area contributed by atoms with E-state index < -0.39 is 5.97 Å². The molecule has 2 N–H and O–H groups in total. The molecule has 27 heavy (non-hydrogen) atoms. The number of nitrogens with one attached hydrogen (secondary N) is 2. The van der Waals surface area contributed by atoms with Crippen molar-refractivity contribution in [2.45, 2.75) is 18.9 Å². The highest BCUT2D eigenvalue weighted by atomic mass is 16.5. The Morgan fingerprint density at radius 1 is 1.19 bits per heavy atom. The highest BCUT2D eigenvalue weighted by Crippen LogP contribution is 2.32. The van der Waals surface area contributed by atoms with E-state index in [4.69, 9.17) is 0 Å². The molecule has 2 amide bonds. The Hall–Kier alpha value is -3.35. The molecule has 1 unspecified atom stereocenters. The second kappa shape index (κ2) is 7.11. The van der Waals surface area contributed by atoms with E-state index in [0.717, 1.165) is 29.7 Å². The quantitative estimate of drug-likeness (QED) is 0.694. The topological polar surface area (TPSA) is 87.3 Å². The van der Waals surface area contributed by atoms with Crippen molar-refractivity contribution in [2.24, 2.45) is 0 Å². The van der Waals surface area contributed by atoms with Crippen molar-refractivity contribution in [3.8, 4) is 0 Å². The molecule has 7 heteroatoms. The fraction of sp³-hybridized carbons (Fsp3) is 0.250. The average Bonchev–Trinajstić information content (AvgIpc) is 3.34. The third kappa shape index (κ3) is 3.36. The maximum Gasteiger partial charge on any atom is 0.337 e. The second-order valence-corrected chi connectivity index (χ2v) is 6.49. The predicted octanol–water partition coefficient (Wildman–Crippen LogP) is 3.72. The second-order valence-electron chi connectivity index (χ2n) is 6.49. The van der Waals surface area contributed by atoms with Crippen molar-refractivity contribution in [2.75, 3.05) is 19.0 Å². The van der Waals surface area contributed by atoms with E-state index in [1.807, 2.05) is 24.3 Å². The summed E-state index contributed by atoms with van der Waals surface area (Å²) in [4.78, 5) is 34.0. The van der Waals surface area contributed by atoms with E-state index in [9.17, 15) is 9.59 Å². The number of rotatable bonds is 3. The minimum absolute atomic E-state index is 0.0771. The van der Waals surface area contributed by atoms with Crippen LogP contribution < -0.4 is 5.32 Å². The van der Waals surface area contributed by atoms with Gasteiger partial charge in [0, 0.05) is 12.2 Å². The molecule has 0 bridgehead atoms. The molecule has 0 saturated carbocycles. The van der Waals surface area contributed by atoms with Crippen LogP contribution in [0.4, 0.5) is 10.5 Å². The van der Waals surface area contributed by atoms with Crippen LogP contribution in [0, 0.1) is 0 Å². The van der Waals surface area contributed by atoms with Crippen molar-refractivity contribution < 1.29 is 14.3 Å². The van der Waals surface area contributed by atoms with Gasteiger partial charge in [0.05, 0.1) is 29.7 Å². The van der Waals surface area contributed by atoms with Gasteiger partial charge < -0.3 is 19.9 Å². The van der Waals surface area contributed by atoms with Crippen LogP contribution in [0.2, 0.25) is 0 Å². The molecular formula is C20H20N4O3. The molecule has 138 valence electrons. The standard InChI is InChI=1S/C20H20N4O3/c1-27-19(25)13-8-10-14(11-9-13)21-20(26)24-12-4-7-17(24)18-22-15-5-2-3-6-16(15)23-18/h2-3,5-6,8-11,17H,4,7,12H2,1H3,(H,21,26)(H,22,23). The summed E-state index contributed by atoms with van der Waals surface area (Å²) in [6.07, 6.45) is 1.80. The van der Waals surface area contributed by atoms with Crippen LogP contribution in [-0.2, 0) is 4.74 Å². The van der Waals surface area contributed by atoms with Gasteiger partial charge in [-0.05, 0) is 49.2 Å². The zero-order chi connectivity index (χ0) is 18.8. The minimum atomic E-state index is -0.405. The van der Waals surface area contributed by atoms with Crippen molar-refractivity contribution in [3.63, 3.8) is 0 Å². The van der Waals surface area contributed by atoms with E-state index in [0.29, 0.717) is 17.8 Å². The number of hydrogen-bond donors (Lipinski definition) is 2. The average molecular weight is 364 g/mol. The van der Waals surface area contributed by atoms with Crippen LogP contribution in [0.15, 0.2) is 48.5 Å². The number of aromatic amines is 1. The van der Waals surface area contributed by atoms with Gasteiger partial charge in [0.25, 0.3) is 0 Å². The Labute approximate surface area is 156 Å². The maximum atomic E-state index is 12.8. The van der Waals surface area contributed by atoms with E-state index in [-0.39, 0.29) is 12.1 Å². The van der Waals surface area contributed by atoms with Gasteiger partial charge in [0.1, 0.15) is 5.82 Å². The van der Waals surface area contributed by atoms with Gasteiger partial charge in [-0.25, -0.2) is 14.6 Å². The monoisotopic (exact) mass is 364 g/mol. The molecule has 1 saturated heterocycles. The highest BCUT2D eigenvalue weighted by molar-refractivity contribution is 5.92. The van der Waals surface area contributed by atoms with E-state index >= 15 is 0 Å². The molecule has 0 spiro atoms. The molecular weight excluding hydrogens is 344 g/mol. The summed E-state index contributed by atoms with van der Waals surface area (Å²) < 4.78 is 4.68. The van der Waals surface area contributed by atoms with E-state index in [2.05, 4.69) is 20.0 Å². The fourth-order valence-corrected chi connectivity index (χ4v) is 3.43. The lowest BCUT2D eigenvalue weighted by Gasteiger charge is -2.23. The third-order valence-electron chi connectivity index (χ3n) is 4.79. The first-order valence-electron chi connectivity index (χ1n) is 8.86. The van der Waals surface area contributed by atoms with Crippen LogP contribution in [0.5, 0.6) is 0 Å². The number of imidazole rings is 1. The van der Waals surface area contributed by atoms with Gasteiger partial charge in [-0.15, -0.1) is 0 Å². The fourth-order valence-electron chi connectivity index (χ4n) is 3.43. The normalized spacial score (nSPS) is 16.5. The first kappa shape index (κ1) is 17.1. The number of urea groups is 1. The summed E-state index contributed by atoms with van der Waals surface area (Å²) in [6.45, 7) is 0.674. The molecule has 0 aliphatic carbocycles. The van der Waals surface area contributed by atoms with Crippen molar-refractivity contribution >= 4 is 28.7 Å². The molecule has 1 aliphatic heterocycles. The van der Waals surface area contributed by atoms with Gasteiger partial charge in [0.15, 0.2) is 0 Å². The number of benzene rings is 2. The Bertz CT molecular complexity index is 947. The van der Waals surface area contributed by atoms with Gasteiger partial charge in [-0.2, -0.15) is 0 Å². The van der Waals surface area contributed by atoms with Crippen LogP contribution >= 0.6 is 0 Å². The number of hydrogen-bond acceptors (Lipinski definition) is 4. The lowest BCUT2D eigenvalue weighted by Crippen LogP contribution is -2.34. The van der Waals surface area contributed by atoms with Crippen molar-refractivity contribution in [3.05, 3.63) is 59.9 Å². The number of fused-ring (bicyclic) bond motifs is 1. The number of likely N-dealkylation sites (tertiary alicyclic amines) is 1. The van der Waals surface area contributed by atoms with Crippen LogP contribution in [-0.4, -0.2) is 40.5 Å². The summed E-state index contributed by atoms with van der Waals surface area (Å²) in [6, 6.07) is 14.2. The number of esters is 1. The lowest BCUT2D eigenvalue weighted by molar-refractivity contribution is 0.0600. The molecule has 3 aromatic rings. The summed E-state index contributed by atoms with van der Waals surface area (Å²) in [5.74, 6) is 0.405. The summed E-state index contributed by atoms with van der Waals surface area (Å²) in [5, 5.41) is 2.89. The van der Waals surface area contributed by atoms with Crippen LogP contribution in [0.1, 0.15) is 35.1 Å². The SMILES string of the molecule is COC(=O)c1ccc(NC(=O)N2CCCC2c2nc3ccccc3[nH]2)cc1. The smallest absolute Gasteiger partial charge is 0.337 e. The number of methoxy groups -OCH3 is 1. The number of para-hydroxylation sites is 2. The number of H-pyrrole nitrogens is 1. The zero-order valence-corrected chi connectivity index (χ0v) is 14.9. The molecule has 1 aliphatic rings. The molecule has 1 aromatic heterocycles. The summed E-state index contributed by atoms with van der Waals surface area (Å²) in [5.41, 5.74) is 2.94. The molecule has 2 heterocycles. The third-order valence-corrected chi connectivity index (χ3v) is 4.79. The first-order valence-corrected chi connectivity index (χ1v) is 8.86. The summed E-state index contributed by atoms with van der Waals surface area (Å²) >= 11 is 0. The lowest BCUT2D eigenvalue weighted by atomic mass is 10.2. The number of aromatic nitrogens is 2. The molecule has 1 atom stereocenters. The maximum absolute atomic E-state index is 12.8. The van der Waals surface area contributed by atoms with Crippen LogP contribution in [0.25, 0.3) is 11.0 Å². The molecule has 1 fully saturated rings. The highest BCUT2D eigenvalue weighted by Gasteiger charge is 2.32. The number of nitrogens with zero attached hydrogens (tertiary/aromatic N) is 2. The minimum Gasteiger partial charge on any atom is -0.465 e. The Kier molecular flexibility index (Phi) is 4.50. The van der Waals surface area contributed by atoms with Gasteiger partial charge in [0.2, 0.25) is 0 Å². The van der Waals surface area contributed by atoms with Crippen LogP contribution in [0.3, 0.4) is 0 Å². The number of carbonyl (C=O) groups excluding carboxylic acids is 2. The van der Waals surface area contributed by atoms with Gasteiger partial charge in [-0.3, -0.25) is 0 Å². The number of amides is 2. The first-order chi connectivity index (χ1) is 13.2. The van der Waals surface area contributed by atoms with Gasteiger partial charge in [-0.1, -0.05) is 12.1 Å². The number of ether oxygens (including phenoxy) is 1. The van der Waals surface area contributed by atoms with E-state index in [1.54, 1.807) is 29.2 Å². The molecule has 7 nitrogen and oxygen atoms in total. The van der Waals surface area contributed by atoms with Gasteiger partial charge >= 0.3 is 12.0 Å². The van der Waals surface area contributed by atoms with Crippen molar-refractivity contribution in [1.82, 2.24) is 14.9 Å². The Balaban J connectivity index is 1.49. The largest absolute Gasteiger partial charge is 0.465 e. The Morgan fingerprint density at radius 2 is 1.96 bits per heavy atom. The molecule has 4 rings (SSSR count). The zero-order valence-electron chi connectivity index (χ0n) is 14.9. The Morgan fingerprint density at radius 3 is 2.70 bits per heavy atom. The number of anilines is 1. The predicted molar refractivity (Wildman–Crippen MR) is 102 cm³/mol. The summed E-state index contributed by atoms with van der Waals surface area (Å²) in [7, 11) is 1.34.